The summed E-state index contributed by atoms with van der Waals surface area (Å²) >= 11 is 0. The average Bonchev–Trinajstić information content (AvgIpc) is 3.06. The highest BCUT2D eigenvalue weighted by molar-refractivity contribution is 6.00. The lowest BCUT2D eigenvalue weighted by Crippen LogP contribution is -2.15. The maximum absolute atomic E-state index is 13.3. The molecular formula is C19H15F3N2O2. The Labute approximate surface area is 147 Å². The number of nitrogens with zero attached hydrogens (tertiary/aromatic N) is 2. The second-order valence-corrected chi connectivity index (χ2v) is 5.87. The van der Waals surface area contributed by atoms with Crippen LogP contribution in [0, 0.1) is 6.92 Å². The minimum Gasteiger partial charge on any atom is -0.380 e. The number of benzene rings is 2. The first kappa shape index (κ1) is 17.9. The molecule has 0 bridgehead atoms. The first-order valence-electron chi connectivity index (χ1n) is 7.76. The minimum atomic E-state index is -4.63. The molecule has 3 rings (SSSR count). The largest absolute Gasteiger partial charge is 0.416 e. The lowest BCUT2D eigenvalue weighted by atomic mass is 9.97. The van der Waals surface area contributed by atoms with Crippen molar-refractivity contribution >= 4 is 5.78 Å². The molecule has 3 aromatic rings. The number of imidazole rings is 1. The van der Waals surface area contributed by atoms with E-state index in [-0.39, 0.29) is 11.3 Å². The second kappa shape index (κ2) is 6.76. The molecule has 0 saturated carbocycles. The van der Waals surface area contributed by atoms with E-state index < -0.39 is 23.6 Å². The number of Topliss-reactive ketones (excluding diaryl/α,β-unsaturated/α-hetero) is 1. The number of aryl methyl sites for hydroxylation is 1. The van der Waals surface area contributed by atoms with Gasteiger partial charge in [-0.3, -0.25) is 4.79 Å². The summed E-state index contributed by atoms with van der Waals surface area (Å²) in [6.07, 6.45) is -3.25. The molecule has 7 heteroatoms. The summed E-state index contributed by atoms with van der Waals surface area (Å²) in [5.74, 6) is -0.805. The summed E-state index contributed by atoms with van der Waals surface area (Å²) in [6, 6.07) is 11.1. The van der Waals surface area contributed by atoms with E-state index in [2.05, 4.69) is 4.98 Å². The van der Waals surface area contributed by atoms with E-state index in [0.29, 0.717) is 11.3 Å². The van der Waals surface area contributed by atoms with Gasteiger partial charge in [0, 0.05) is 17.4 Å². The maximum atomic E-state index is 13.3. The number of rotatable bonds is 4. The fraction of sp³-hybridized carbons (Fsp3) is 0.158. The molecule has 0 aliphatic carbocycles. The van der Waals surface area contributed by atoms with Gasteiger partial charge < -0.3 is 9.67 Å². The number of hydrogen-bond donors (Lipinski definition) is 1. The Bertz CT molecular complexity index is 933. The van der Waals surface area contributed by atoms with Gasteiger partial charge in [-0.05, 0) is 30.7 Å². The molecule has 0 aliphatic heterocycles. The molecule has 1 aromatic heterocycles. The molecule has 1 N–H and O–H groups in total. The molecule has 1 atom stereocenters. The zero-order valence-electron chi connectivity index (χ0n) is 13.7. The third-order valence-electron chi connectivity index (χ3n) is 3.90. The summed E-state index contributed by atoms with van der Waals surface area (Å²) in [5, 5.41) is 10.3. The van der Waals surface area contributed by atoms with Gasteiger partial charge in [0.25, 0.3) is 0 Å². The Hall–Kier alpha value is -2.93. The zero-order valence-corrected chi connectivity index (χ0v) is 13.7. The first-order chi connectivity index (χ1) is 12.3. The molecule has 0 fully saturated rings. The van der Waals surface area contributed by atoms with E-state index in [9.17, 15) is 23.1 Å². The molecule has 1 unspecified atom stereocenters. The molecule has 134 valence electrons. The van der Waals surface area contributed by atoms with Gasteiger partial charge in [-0.15, -0.1) is 0 Å². The number of alkyl halides is 3. The number of halogens is 3. The van der Waals surface area contributed by atoms with Crippen LogP contribution in [0.4, 0.5) is 13.2 Å². The molecule has 0 spiro atoms. The van der Waals surface area contributed by atoms with E-state index in [4.69, 9.17) is 0 Å². The number of carbonyl (C=O) groups excluding carboxylic acids is 1. The van der Waals surface area contributed by atoms with Crippen LogP contribution in [0.1, 0.15) is 33.3 Å². The second-order valence-electron chi connectivity index (χ2n) is 5.87. The molecule has 0 amide bonds. The Morgan fingerprint density at radius 1 is 1.15 bits per heavy atom. The Kier molecular flexibility index (Phi) is 4.65. The third kappa shape index (κ3) is 3.67. The molecule has 0 saturated heterocycles. The number of ketones is 1. The Morgan fingerprint density at radius 3 is 2.42 bits per heavy atom. The lowest BCUT2D eigenvalue weighted by Gasteiger charge is -2.15. The lowest BCUT2D eigenvalue weighted by molar-refractivity contribution is -0.137. The van der Waals surface area contributed by atoms with Gasteiger partial charge in [-0.1, -0.05) is 30.3 Å². The van der Waals surface area contributed by atoms with Crippen LogP contribution in [0.25, 0.3) is 5.69 Å². The quantitative estimate of drug-likeness (QED) is 0.712. The molecule has 0 aliphatic rings. The van der Waals surface area contributed by atoms with Crippen LogP contribution in [0.2, 0.25) is 0 Å². The fourth-order valence-corrected chi connectivity index (χ4v) is 2.57. The van der Waals surface area contributed by atoms with Crippen molar-refractivity contribution in [3.63, 3.8) is 0 Å². The normalized spacial score (nSPS) is 12.8. The average molecular weight is 360 g/mol. The fourth-order valence-electron chi connectivity index (χ4n) is 2.57. The Balaban J connectivity index is 2.07. The predicted octanol–water partition coefficient (Wildman–Crippen LogP) is 4.12. The molecule has 26 heavy (non-hydrogen) atoms. The van der Waals surface area contributed by atoms with Crippen LogP contribution in [0.15, 0.2) is 61.1 Å². The van der Waals surface area contributed by atoms with Crippen molar-refractivity contribution in [1.29, 1.82) is 0 Å². The summed E-state index contributed by atoms with van der Waals surface area (Å²) in [4.78, 5) is 16.6. The number of aliphatic hydroxyl groups excluding tert-OH is 1. The smallest absolute Gasteiger partial charge is 0.380 e. The van der Waals surface area contributed by atoms with Gasteiger partial charge in [0.1, 0.15) is 6.10 Å². The highest BCUT2D eigenvalue weighted by atomic mass is 19.4. The SMILES string of the molecule is Cc1cn(-c2cc(C(=O)C(O)c3ccccc3)cc(C(F)(F)F)c2)cn1. The van der Waals surface area contributed by atoms with Crippen LogP contribution in [0.3, 0.4) is 0 Å². The monoisotopic (exact) mass is 360 g/mol. The van der Waals surface area contributed by atoms with E-state index in [1.165, 1.54) is 29.1 Å². The van der Waals surface area contributed by atoms with Gasteiger partial charge in [-0.2, -0.15) is 13.2 Å². The van der Waals surface area contributed by atoms with E-state index in [1.807, 2.05) is 0 Å². The summed E-state index contributed by atoms with van der Waals surface area (Å²) < 4.78 is 41.2. The maximum Gasteiger partial charge on any atom is 0.416 e. The van der Waals surface area contributed by atoms with Crippen molar-refractivity contribution in [3.8, 4) is 5.69 Å². The minimum absolute atomic E-state index is 0.143. The number of hydrogen-bond acceptors (Lipinski definition) is 3. The highest BCUT2D eigenvalue weighted by Gasteiger charge is 2.32. The molecule has 1 heterocycles. The third-order valence-corrected chi connectivity index (χ3v) is 3.90. The predicted molar refractivity (Wildman–Crippen MR) is 89.0 cm³/mol. The van der Waals surface area contributed by atoms with Crippen LogP contribution < -0.4 is 0 Å². The van der Waals surface area contributed by atoms with Crippen LogP contribution in [-0.2, 0) is 6.18 Å². The first-order valence-corrected chi connectivity index (χ1v) is 7.76. The number of carbonyl (C=O) groups is 1. The van der Waals surface area contributed by atoms with E-state index in [0.717, 1.165) is 12.1 Å². The van der Waals surface area contributed by atoms with Crippen molar-refractivity contribution < 1.29 is 23.1 Å². The molecule has 2 aromatic carbocycles. The standard InChI is InChI=1S/C19H15F3N2O2/c1-12-10-24(11-23-12)16-8-14(7-15(9-16)19(20,21)22)18(26)17(25)13-5-3-2-4-6-13/h2-11,17,25H,1H3. The van der Waals surface area contributed by atoms with Crippen LogP contribution >= 0.6 is 0 Å². The highest BCUT2D eigenvalue weighted by Crippen LogP contribution is 2.32. The number of aromatic nitrogens is 2. The Morgan fingerprint density at radius 2 is 1.85 bits per heavy atom. The van der Waals surface area contributed by atoms with Gasteiger partial charge in [-0.25, -0.2) is 4.98 Å². The van der Waals surface area contributed by atoms with Crippen molar-refractivity contribution in [1.82, 2.24) is 9.55 Å². The summed E-state index contributed by atoms with van der Waals surface area (Å²) in [7, 11) is 0. The topological polar surface area (TPSA) is 55.1 Å². The van der Waals surface area contributed by atoms with Gasteiger partial charge >= 0.3 is 6.18 Å². The van der Waals surface area contributed by atoms with Gasteiger partial charge in [0.15, 0.2) is 5.78 Å². The summed E-state index contributed by atoms with van der Waals surface area (Å²) in [5.41, 5.74) is -0.110. The van der Waals surface area contributed by atoms with Crippen molar-refractivity contribution in [2.45, 2.75) is 19.2 Å². The molecule has 4 nitrogen and oxygen atoms in total. The van der Waals surface area contributed by atoms with Crippen LogP contribution in [0.5, 0.6) is 0 Å². The van der Waals surface area contributed by atoms with E-state index in [1.54, 1.807) is 31.3 Å². The zero-order chi connectivity index (χ0) is 18.9. The molecular weight excluding hydrogens is 345 g/mol. The molecule has 0 radical (unpaired) electrons. The van der Waals surface area contributed by atoms with Crippen molar-refractivity contribution in [3.05, 3.63) is 83.4 Å². The van der Waals surface area contributed by atoms with Gasteiger partial charge in [0.05, 0.1) is 17.6 Å². The summed E-state index contributed by atoms with van der Waals surface area (Å²) in [6.45, 7) is 1.70. The van der Waals surface area contributed by atoms with E-state index >= 15 is 0 Å². The number of aliphatic hydroxyl groups is 1. The van der Waals surface area contributed by atoms with Crippen LogP contribution in [-0.4, -0.2) is 20.4 Å². The van der Waals surface area contributed by atoms with Crippen molar-refractivity contribution in [2.24, 2.45) is 0 Å². The van der Waals surface area contributed by atoms with Gasteiger partial charge in [0.2, 0.25) is 0 Å². The van der Waals surface area contributed by atoms with Crippen molar-refractivity contribution in [2.75, 3.05) is 0 Å².